The van der Waals surface area contributed by atoms with E-state index >= 15 is 0 Å². The molecule has 2 aromatic rings. The molecule has 0 saturated carbocycles. The minimum absolute atomic E-state index is 0.760. The van der Waals surface area contributed by atoms with Crippen LogP contribution >= 0.6 is 22.9 Å². The van der Waals surface area contributed by atoms with Gasteiger partial charge in [0.15, 0.2) is 0 Å². The SMILES string of the molecule is COc1ccc(CN(C)Cc2ccc(Cl)s2)c(N)c1. The largest absolute Gasteiger partial charge is 0.497 e. The van der Waals surface area contributed by atoms with Gasteiger partial charge in [-0.15, -0.1) is 11.3 Å². The fourth-order valence-electron chi connectivity index (χ4n) is 1.89. The van der Waals surface area contributed by atoms with Crippen molar-refractivity contribution in [2.75, 3.05) is 19.9 Å². The summed E-state index contributed by atoms with van der Waals surface area (Å²) in [6.07, 6.45) is 0. The zero-order valence-corrected chi connectivity index (χ0v) is 12.6. The van der Waals surface area contributed by atoms with Crippen LogP contribution in [0, 0.1) is 0 Å². The van der Waals surface area contributed by atoms with E-state index in [1.165, 1.54) is 4.88 Å². The number of methoxy groups -OCH3 is 1. The number of ether oxygens (including phenoxy) is 1. The number of rotatable bonds is 5. The molecule has 2 N–H and O–H groups in total. The number of nitrogens with zero attached hydrogens (tertiary/aromatic N) is 1. The summed E-state index contributed by atoms with van der Waals surface area (Å²) in [5.74, 6) is 0.786. The number of halogens is 1. The topological polar surface area (TPSA) is 38.5 Å². The summed E-state index contributed by atoms with van der Waals surface area (Å²) in [5.41, 5.74) is 7.88. The summed E-state index contributed by atoms with van der Waals surface area (Å²) in [5, 5.41) is 0. The average Bonchev–Trinajstić information content (AvgIpc) is 2.77. The van der Waals surface area contributed by atoms with Gasteiger partial charge in [0.05, 0.1) is 11.4 Å². The van der Waals surface area contributed by atoms with Gasteiger partial charge < -0.3 is 10.5 Å². The second-order valence-corrected chi connectivity index (χ2v) is 6.24. The number of nitrogen functional groups attached to an aromatic ring is 1. The molecule has 0 spiro atoms. The number of hydrogen-bond donors (Lipinski definition) is 1. The quantitative estimate of drug-likeness (QED) is 0.856. The van der Waals surface area contributed by atoms with E-state index in [0.717, 1.165) is 34.4 Å². The van der Waals surface area contributed by atoms with Crippen molar-refractivity contribution >= 4 is 28.6 Å². The molecule has 0 aliphatic heterocycles. The van der Waals surface area contributed by atoms with Gasteiger partial charge in [-0.05, 0) is 30.8 Å². The van der Waals surface area contributed by atoms with E-state index in [9.17, 15) is 0 Å². The van der Waals surface area contributed by atoms with Crippen LogP contribution in [0.3, 0.4) is 0 Å². The maximum Gasteiger partial charge on any atom is 0.120 e. The first-order valence-corrected chi connectivity index (χ1v) is 7.13. The lowest BCUT2D eigenvalue weighted by atomic mass is 10.1. The number of benzene rings is 1. The van der Waals surface area contributed by atoms with Crippen molar-refractivity contribution in [2.24, 2.45) is 0 Å². The first kappa shape index (κ1) is 14.2. The van der Waals surface area contributed by atoms with Gasteiger partial charge in [-0.2, -0.15) is 0 Å². The molecule has 5 heteroatoms. The number of nitrogens with two attached hydrogens (primary N) is 1. The zero-order chi connectivity index (χ0) is 13.8. The molecule has 1 aromatic heterocycles. The van der Waals surface area contributed by atoms with E-state index in [1.807, 2.05) is 24.3 Å². The second kappa shape index (κ2) is 6.28. The molecule has 0 bridgehead atoms. The average molecular weight is 297 g/mol. The molecule has 0 aliphatic rings. The number of thiophene rings is 1. The summed E-state index contributed by atoms with van der Waals surface area (Å²) in [6, 6.07) is 9.77. The molecular weight excluding hydrogens is 280 g/mol. The molecule has 1 aromatic carbocycles. The van der Waals surface area contributed by atoms with Crippen molar-refractivity contribution in [1.29, 1.82) is 0 Å². The molecule has 102 valence electrons. The fraction of sp³-hybridized carbons (Fsp3) is 0.286. The Kier molecular flexibility index (Phi) is 4.69. The Bertz CT molecular complexity index is 556. The summed E-state index contributed by atoms with van der Waals surface area (Å²) >= 11 is 7.54. The minimum atomic E-state index is 0.760. The van der Waals surface area contributed by atoms with Crippen LogP contribution in [0.1, 0.15) is 10.4 Å². The lowest BCUT2D eigenvalue weighted by Crippen LogP contribution is -2.17. The van der Waals surface area contributed by atoms with Gasteiger partial charge in [0.25, 0.3) is 0 Å². The van der Waals surface area contributed by atoms with Crippen molar-refractivity contribution in [2.45, 2.75) is 13.1 Å². The number of hydrogen-bond acceptors (Lipinski definition) is 4. The first-order valence-electron chi connectivity index (χ1n) is 5.93. The van der Waals surface area contributed by atoms with Gasteiger partial charge in [-0.1, -0.05) is 17.7 Å². The van der Waals surface area contributed by atoms with Crippen molar-refractivity contribution < 1.29 is 4.74 Å². The molecule has 0 radical (unpaired) electrons. The molecular formula is C14H17ClN2OS. The van der Waals surface area contributed by atoms with Crippen LogP contribution in [0.25, 0.3) is 0 Å². The predicted molar refractivity (Wildman–Crippen MR) is 81.9 cm³/mol. The van der Waals surface area contributed by atoms with Crippen LogP contribution < -0.4 is 10.5 Å². The predicted octanol–water partition coefficient (Wildman–Crippen LogP) is 3.62. The van der Waals surface area contributed by atoms with Gasteiger partial charge >= 0.3 is 0 Å². The number of anilines is 1. The molecule has 2 rings (SSSR count). The van der Waals surface area contributed by atoms with Gasteiger partial charge in [0.1, 0.15) is 5.75 Å². The van der Waals surface area contributed by atoms with Crippen LogP contribution in [0.15, 0.2) is 30.3 Å². The third kappa shape index (κ3) is 3.86. The van der Waals surface area contributed by atoms with E-state index in [1.54, 1.807) is 18.4 Å². The van der Waals surface area contributed by atoms with E-state index in [-0.39, 0.29) is 0 Å². The smallest absolute Gasteiger partial charge is 0.120 e. The Balaban J connectivity index is 2.00. The lowest BCUT2D eigenvalue weighted by Gasteiger charge is -2.17. The highest BCUT2D eigenvalue weighted by Crippen LogP contribution is 2.24. The highest BCUT2D eigenvalue weighted by molar-refractivity contribution is 7.16. The van der Waals surface area contributed by atoms with Crippen molar-refractivity contribution in [3.63, 3.8) is 0 Å². The first-order chi connectivity index (χ1) is 9.08. The summed E-state index contributed by atoms with van der Waals surface area (Å²) in [7, 11) is 3.71. The van der Waals surface area contributed by atoms with Gasteiger partial charge in [-0.25, -0.2) is 0 Å². The highest BCUT2D eigenvalue weighted by atomic mass is 35.5. The molecule has 0 fully saturated rings. The third-order valence-electron chi connectivity index (χ3n) is 2.85. The van der Waals surface area contributed by atoms with Gasteiger partial charge in [-0.3, -0.25) is 4.90 Å². The van der Waals surface area contributed by atoms with Crippen molar-refractivity contribution in [1.82, 2.24) is 4.90 Å². The summed E-state index contributed by atoms with van der Waals surface area (Å²) in [6.45, 7) is 1.66. The van der Waals surface area contributed by atoms with E-state index in [4.69, 9.17) is 22.1 Å². The Morgan fingerprint density at radius 1 is 1.26 bits per heavy atom. The Morgan fingerprint density at radius 2 is 2.05 bits per heavy atom. The molecule has 1 heterocycles. The molecule has 0 amide bonds. The Hall–Kier alpha value is -1.23. The molecule has 0 atom stereocenters. The van der Waals surface area contributed by atoms with E-state index < -0.39 is 0 Å². The van der Waals surface area contributed by atoms with Crippen molar-refractivity contribution in [3.8, 4) is 5.75 Å². The Morgan fingerprint density at radius 3 is 2.63 bits per heavy atom. The standard InChI is InChI=1S/C14H17ClN2OS/c1-17(9-12-5-6-14(15)19-12)8-10-3-4-11(18-2)7-13(10)16/h3-7H,8-9,16H2,1-2H3. The van der Waals surface area contributed by atoms with E-state index in [0.29, 0.717) is 0 Å². The molecule has 0 aliphatic carbocycles. The monoisotopic (exact) mass is 296 g/mol. The summed E-state index contributed by atoms with van der Waals surface area (Å²) in [4.78, 5) is 3.46. The van der Waals surface area contributed by atoms with Crippen LogP contribution in [0.5, 0.6) is 5.75 Å². The van der Waals surface area contributed by atoms with Crippen LogP contribution in [-0.4, -0.2) is 19.1 Å². The van der Waals surface area contributed by atoms with E-state index in [2.05, 4.69) is 18.0 Å². The summed E-state index contributed by atoms with van der Waals surface area (Å²) < 4.78 is 5.97. The van der Waals surface area contributed by atoms with Crippen molar-refractivity contribution in [3.05, 3.63) is 45.1 Å². The minimum Gasteiger partial charge on any atom is -0.497 e. The lowest BCUT2D eigenvalue weighted by molar-refractivity contribution is 0.322. The maximum absolute atomic E-state index is 6.02. The highest BCUT2D eigenvalue weighted by Gasteiger charge is 2.07. The van der Waals surface area contributed by atoms with Crippen LogP contribution in [-0.2, 0) is 13.1 Å². The normalized spacial score (nSPS) is 10.9. The molecule has 0 unspecified atom stereocenters. The molecule has 3 nitrogen and oxygen atoms in total. The Labute approximate surface area is 122 Å². The third-order valence-corrected chi connectivity index (χ3v) is 4.06. The van der Waals surface area contributed by atoms with Crippen LogP contribution in [0.4, 0.5) is 5.69 Å². The second-order valence-electron chi connectivity index (χ2n) is 4.44. The zero-order valence-electron chi connectivity index (χ0n) is 11.0. The van der Waals surface area contributed by atoms with Crippen LogP contribution in [0.2, 0.25) is 4.34 Å². The molecule has 19 heavy (non-hydrogen) atoms. The van der Waals surface area contributed by atoms with Gasteiger partial charge in [0.2, 0.25) is 0 Å². The fourth-order valence-corrected chi connectivity index (χ4v) is 3.06. The molecule has 0 saturated heterocycles. The maximum atomic E-state index is 6.02. The van der Waals surface area contributed by atoms with Gasteiger partial charge in [0, 0.05) is 29.7 Å².